The number of rotatable bonds is 4. The Bertz CT molecular complexity index is 996. The lowest BCUT2D eigenvalue weighted by atomic mass is 9.94. The van der Waals surface area contributed by atoms with Gasteiger partial charge in [0.05, 0.1) is 30.3 Å². The number of carbonyl (C=O) groups is 1. The Labute approximate surface area is 164 Å². The van der Waals surface area contributed by atoms with E-state index in [9.17, 15) is 4.79 Å². The quantitative estimate of drug-likeness (QED) is 0.734. The van der Waals surface area contributed by atoms with Crippen LogP contribution in [0.15, 0.2) is 42.7 Å². The maximum absolute atomic E-state index is 13.1. The summed E-state index contributed by atoms with van der Waals surface area (Å²) in [6, 6.07) is 10.1. The number of benzene rings is 1. The number of amides is 1. The minimum Gasteiger partial charge on any atom is -0.379 e. The molecular formula is C23H25N3O2. The van der Waals surface area contributed by atoms with Crippen molar-refractivity contribution in [2.45, 2.75) is 38.1 Å². The molecule has 3 heterocycles. The van der Waals surface area contributed by atoms with E-state index in [0.29, 0.717) is 13.2 Å². The Balaban J connectivity index is 1.37. The zero-order valence-electron chi connectivity index (χ0n) is 15.9. The van der Waals surface area contributed by atoms with E-state index in [-0.39, 0.29) is 17.9 Å². The zero-order chi connectivity index (χ0) is 18.9. The van der Waals surface area contributed by atoms with Gasteiger partial charge in [-0.1, -0.05) is 12.1 Å². The molecule has 5 heteroatoms. The third kappa shape index (κ3) is 3.20. The lowest BCUT2D eigenvalue weighted by Crippen LogP contribution is -2.40. The number of nitrogens with zero attached hydrogens (tertiary/aromatic N) is 1. The van der Waals surface area contributed by atoms with Crippen LogP contribution in [0.5, 0.6) is 0 Å². The Morgan fingerprint density at radius 3 is 2.89 bits per heavy atom. The maximum Gasteiger partial charge on any atom is 0.253 e. The first-order chi connectivity index (χ1) is 13.8. The van der Waals surface area contributed by atoms with Crippen LogP contribution in [-0.4, -0.2) is 35.1 Å². The van der Waals surface area contributed by atoms with E-state index in [4.69, 9.17) is 4.74 Å². The number of aromatic nitrogens is 2. The van der Waals surface area contributed by atoms with Crippen LogP contribution in [0.2, 0.25) is 0 Å². The van der Waals surface area contributed by atoms with E-state index in [1.807, 2.05) is 36.7 Å². The number of aromatic amines is 1. The summed E-state index contributed by atoms with van der Waals surface area (Å²) >= 11 is 0. The average Bonchev–Trinajstić information content (AvgIpc) is 3.32. The predicted octanol–water partition coefficient (Wildman–Crippen LogP) is 3.43. The normalized spacial score (nSPS) is 21.6. The Hall–Kier alpha value is -2.66. The first-order valence-electron chi connectivity index (χ1n) is 10.2. The topological polar surface area (TPSA) is 67.0 Å². The number of ether oxygens (including phenoxy) is 1. The Morgan fingerprint density at radius 1 is 1.14 bits per heavy atom. The molecule has 5 nitrogen and oxygen atoms in total. The van der Waals surface area contributed by atoms with Gasteiger partial charge in [-0.2, -0.15) is 0 Å². The third-order valence-electron chi connectivity index (χ3n) is 6.14. The van der Waals surface area contributed by atoms with Crippen LogP contribution < -0.4 is 5.32 Å². The minimum absolute atomic E-state index is 0.0144. The number of carbonyl (C=O) groups excluding carboxylic acids is 1. The lowest BCUT2D eigenvalue weighted by molar-refractivity contribution is 0.0926. The largest absolute Gasteiger partial charge is 0.379 e. The predicted molar refractivity (Wildman–Crippen MR) is 108 cm³/mol. The van der Waals surface area contributed by atoms with Gasteiger partial charge in [0, 0.05) is 29.4 Å². The van der Waals surface area contributed by atoms with Crippen molar-refractivity contribution in [2.24, 2.45) is 5.92 Å². The molecule has 0 bridgehead atoms. The molecule has 1 aromatic carbocycles. The smallest absolute Gasteiger partial charge is 0.253 e. The van der Waals surface area contributed by atoms with Crippen molar-refractivity contribution >= 4 is 16.8 Å². The van der Waals surface area contributed by atoms with Crippen molar-refractivity contribution in [1.29, 1.82) is 0 Å². The number of hydrogen-bond donors (Lipinski definition) is 2. The summed E-state index contributed by atoms with van der Waals surface area (Å²) in [6.45, 7) is 1.24. The molecule has 2 atom stereocenters. The highest BCUT2D eigenvalue weighted by Crippen LogP contribution is 2.31. The van der Waals surface area contributed by atoms with Crippen LogP contribution in [-0.2, 0) is 24.0 Å². The second-order valence-corrected chi connectivity index (χ2v) is 7.95. The van der Waals surface area contributed by atoms with Gasteiger partial charge < -0.3 is 15.0 Å². The van der Waals surface area contributed by atoms with Crippen LogP contribution in [0.3, 0.4) is 0 Å². The molecule has 144 valence electrons. The molecule has 0 spiro atoms. The van der Waals surface area contributed by atoms with Gasteiger partial charge >= 0.3 is 0 Å². The first kappa shape index (κ1) is 17.4. The number of hydrogen-bond acceptors (Lipinski definition) is 3. The third-order valence-corrected chi connectivity index (χ3v) is 6.14. The first-order valence-corrected chi connectivity index (χ1v) is 10.2. The number of nitrogens with one attached hydrogen (secondary N) is 2. The van der Waals surface area contributed by atoms with E-state index in [1.54, 1.807) is 0 Å². The molecule has 1 aliphatic heterocycles. The number of fused-ring (bicyclic) bond motifs is 3. The van der Waals surface area contributed by atoms with Gasteiger partial charge in [0.15, 0.2) is 0 Å². The summed E-state index contributed by atoms with van der Waals surface area (Å²) in [5, 5.41) is 4.45. The molecule has 2 aromatic heterocycles. The summed E-state index contributed by atoms with van der Waals surface area (Å²) < 4.78 is 5.69. The van der Waals surface area contributed by atoms with Gasteiger partial charge in [-0.15, -0.1) is 0 Å². The molecule has 0 radical (unpaired) electrons. The van der Waals surface area contributed by atoms with Crippen molar-refractivity contribution in [1.82, 2.24) is 15.3 Å². The highest BCUT2D eigenvalue weighted by molar-refractivity contribution is 6.07. The van der Waals surface area contributed by atoms with Crippen LogP contribution in [0, 0.1) is 5.92 Å². The molecule has 1 saturated heterocycles. The van der Waals surface area contributed by atoms with Crippen molar-refractivity contribution < 1.29 is 9.53 Å². The van der Waals surface area contributed by atoms with Crippen molar-refractivity contribution in [3.8, 4) is 0 Å². The molecule has 0 unspecified atom stereocenters. The van der Waals surface area contributed by atoms with Crippen LogP contribution in [0.1, 0.15) is 40.0 Å². The summed E-state index contributed by atoms with van der Waals surface area (Å²) in [7, 11) is 0. The van der Waals surface area contributed by atoms with Crippen molar-refractivity contribution in [3.63, 3.8) is 0 Å². The summed E-state index contributed by atoms with van der Waals surface area (Å²) in [4.78, 5) is 20.8. The summed E-state index contributed by atoms with van der Waals surface area (Å²) in [5.74, 6) is 0.266. The van der Waals surface area contributed by atoms with Crippen LogP contribution in [0.25, 0.3) is 10.9 Å². The maximum atomic E-state index is 13.1. The van der Waals surface area contributed by atoms with E-state index in [0.717, 1.165) is 30.3 Å². The van der Waals surface area contributed by atoms with Crippen molar-refractivity contribution in [2.75, 3.05) is 13.2 Å². The molecule has 1 amide bonds. The molecule has 1 aliphatic carbocycles. The Morgan fingerprint density at radius 2 is 2.00 bits per heavy atom. The van der Waals surface area contributed by atoms with Gasteiger partial charge in [-0.3, -0.25) is 9.78 Å². The fourth-order valence-corrected chi connectivity index (χ4v) is 4.65. The molecular weight excluding hydrogens is 350 g/mol. The molecule has 2 N–H and O–H groups in total. The highest BCUT2D eigenvalue weighted by Gasteiger charge is 2.30. The van der Waals surface area contributed by atoms with E-state index < -0.39 is 0 Å². The molecule has 1 fully saturated rings. The second-order valence-electron chi connectivity index (χ2n) is 7.95. The summed E-state index contributed by atoms with van der Waals surface area (Å²) in [6.07, 6.45) is 9.14. The molecule has 5 rings (SSSR count). The van der Waals surface area contributed by atoms with Crippen molar-refractivity contribution in [3.05, 3.63) is 65.1 Å². The standard InChI is InChI=1S/C23H25N3O2/c27-23(26-21-14-28-13-16(21)12-15-8-10-24-11-9-15)19-6-3-5-18-17-4-1-2-7-20(17)25-22(18)19/h3,5-6,8-11,16,21,25H,1-2,4,7,12-14H2,(H,26,27)/t16-,21-/m1/s1. The van der Waals surface area contributed by atoms with E-state index >= 15 is 0 Å². The highest BCUT2D eigenvalue weighted by atomic mass is 16.5. The number of para-hydroxylation sites is 1. The molecule has 2 aliphatic rings. The zero-order valence-corrected chi connectivity index (χ0v) is 15.9. The van der Waals surface area contributed by atoms with Gasteiger partial charge in [0.25, 0.3) is 5.91 Å². The molecule has 28 heavy (non-hydrogen) atoms. The second kappa shape index (κ2) is 7.40. The van der Waals surface area contributed by atoms with E-state index in [2.05, 4.69) is 21.4 Å². The van der Waals surface area contributed by atoms with Gasteiger partial charge in [0.2, 0.25) is 0 Å². The Kier molecular flexibility index (Phi) is 4.61. The fourth-order valence-electron chi connectivity index (χ4n) is 4.65. The van der Waals surface area contributed by atoms with Gasteiger partial charge in [0.1, 0.15) is 0 Å². The lowest BCUT2D eigenvalue weighted by Gasteiger charge is -2.19. The van der Waals surface area contributed by atoms with Gasteiger partial charge in [-0.25, -0.2) is 0 Å². The number of H-pyrrole nitrogens is 1. The average molecular weight is 375 g/mol. The van der Waals surface area contributed by atoms with E-state index in [1.165, 1.54) is 35.0 Å². The monoisotopic (exact) mass is 375 g/mol. The molecule has 0 saturated carbocycles. The SMILES string of the molecule is O=C(N[C@@H]1COC[C@H]1Cc1ccncc1)c1cccc2c3c([nH]c12)CCCC3. The number of aryl methyl sites for hydroxylation is 2. The number of pyridine rings is 1. The molecule has 3 aromatic rings. The van der Waals surface area contributed by atoms with Crippen LogP contribution >= 0.6 is 0 Å². The fraction of sp³-hybridized carbons (Fsp3) is 0.391. The minimum atomic E-state index is -0.0144. The summed E-state index contributed by atoms with van der Waals surface area (Å²) in [5.41, 5.74) is 5.65. The van der Waals surface area contributed by atoms with Crippen LogP contribution in [0.4, 0.5) is 0 Å². The van der Waals surface area contributed by atoms with Gasteiger partial charge in [-0.05, 0) is 61.4 Å².